The number of aryl methyl sites for hydroxylation is 4. The monoisotopic (exact) mass is 341 g/mol. The standard InChI is InChI=1S/C23H21N2O/c1-12-9-16-11-14(3)15(4)19-20(16)18(10-12)26-23-22(19)25(5)17-8-6-7-13(2)21(17)24-23/h6-11H,1-5H3/q+1. The van der Waals surface area contributed by atoms with Gasteiger partial charge in [-0.25, -0.2) is 4.98 Å². The first-order valence-corrected chi connectivity index (χ1v) is 8.98. The molecule has 0 bridgehead atoms. The van der Waals surface area contributed by atoms with Crippen LogP contribution in [0.25, 0.3) is 33.1 Å². The minimum Gasteiger partial charge on any atom is -0.433 e. The molecule has 1 aliphatic heterocycles. The Kier molecular flexibility index (Phi) is 2.97. The molecule has 0 radical (unpaired) electrons. The van der Waals surface area contributed by atoms with Gasteiger partial charge in [0, 0.05) is 11.5 Å². The molecule has 4 aromatic rings. The van der Waals surface area contributed by atoms with Gasteiger partial charge in [0.1, 0.15) is 18.3 Å². The van der Waals surface area contributed by atoms with Crippen LogP contribution in [0.3, 0.4) is 0 Å². The molecule has 0 N–H and O–H groups in total. The van der Waals surface area contributed by atoms with E-state index in [0.717, 1.165) is 28.0 Å². The summed E-state index contributed by atoms with van der Waals surface area (Å²) in [6.07, 6.45) is 0. The Bertz CT molecular complexity index is 1250. The predicted octanol–water partition coefficient (Wildman–Crippen LogP) is 5.22. The van der Waals surface area contributed by atoms with E-state index < -0.39 is 0 Å². The van der Waals surface area contributed by atoms with E-state index >= 15 is 0 Å². The minimum atomic E-state index is 0.697. The lowest BCUT2D eigenvalue weighted by Gasteiger charge is -2.22. The van der Waals surface area contributed by atoms with Gasteiger partial charge in [0.05, 0.1) is 5.56 Å². The molecule has 0 unspecified atom stereocenters. The highest BCUT2D eigenvalue weighted by molar-refractivity contribution is 6.05. The van der Waals surface area contributed by atoms with Crippen molar-refractivity contribution in [1.82, 2.24) is 4.98 Å². The number of hydrogen-bond donors (Lipinski definition) is 0. The minimum absolute atomic E-state index is 0.697. The largest absolute Gasteiger partial charge is 0.433 e. The van der Waals surface area contributed by atoms with E-state index in [1.165, 1.54) is 33.0 Å². The fourth-order valence-corrected chi connectivity index (χ4v) is 4.19. The molecule has 128 valence electrons. The van der Waals surface area contributed by atoms with Gasteiger partial charge in [-0.3, -0.25) is 0 Å². The lowest BCUT2D eigenvalue weighted by molar-refractivity contribution is -0.634. The van der Waals surface area contributed by atoms with Gasteiger partial charge in [-0.05, 0) is 61.4 Å². The molecule has 0 atom stereocenters. The summed E-state index contributed by atoms with van der Waals surface area (Å²) in [5.74, 6) is 1.61. The molecule has 26 heavy (non-hydrogen) atoms. The summed E-state index contributed by atoms with van der Waals surface area (Å²) in [4.78, 5) is 4.92. The molecule has 0 fully saturated rings. The zero-order valence-electron chi connectivity index (χ0n) is 15.8. The number of fused-ring (bicyclic) bond motifs is 3. The summed E-state index contributed by atoms with van der Waals surface area (Å²) in [6, 6.07) is 12.9. The third kappa shape index (κ3) is 1.88. The van der Waals surface area contributed by atoms with Gasteiger partial charge in [-0.1, -0.05) is 24.3 Å². The van der Waals surface area contributed by atoms with E-state index in [1.807, 2.05) is 0 Å². The van der Waals surface area contributed by atoms with Crippen LogP contribution in [-0.4, -0.2) is 4.98 Å². The summed E-state index contributed by atoms with van der Waals surface area (Å²) in [5, 5.41) is 2.42. The third-order valence-corrected chi connectivity index (χ3v) is 5.64. The number of benzene rings is 3. The van der Waals surface area contributed by atoms with E-state index in [4.69, 9.17) is 9.72 Å². The van der Waals surface area contributed by atoms with Gasteiger partial charge in [-0.2, -0.15) is 4.57 Å². The molecule has 0 saturated heterocycles. The molecule has 0 spiro atoms. The van der Waals surface area contributed by atoms with Crippen molar-refractivity contribution in [2.75, 3.05) is 0 Å². The van der Waals surface area contributed by atoms with Crippen molar-refractivity contribution in [2.45, 2.75) is 27.7 Å². The van der Waals surface area contributed by atoms with E-state index in [-0.39, 0.29) is 0 Å². The molecule has 2 heterocycles. The van der Waals surface area contributed by atoms with Crippen molar-refractivity contribution in [1.29, 1.82) is 0 Å². The predicted molar refractivity (Wildman–Crippen MR) is 105 cm³/mol. The van der Waals surface area contributed by atoms with E-state index in [0.29, 0.717) is 5.88 Å². The normalized spacial score (nSPS) is 12.3. The molecule has 5 rings (SSSR count). The lowest BCUT2D eigenvalue weighted by Crippen LogP contribution is -2.34. The lowest BCUT2D eigenvalue weighted by atomic mass is 9.90. The molecule has 3 nitrogen and oxygen atoms in total. The van der Waals surface area contributed by atoms with Crippen LogP contribution in [-0.2, 0) is 7.05 Å². The molecular weight excluding hydrogens is 320 g/mol. The van der Waals surface area contributed by atoms with Crippen LogP contribution in [0.1, 0.15) is 22.3 Å². The van der Waals surface area contributed by atoms with Crippen LogP contribution in [0.5, 0.6) is 11.6 Å². The fourth-order valence-electron chi connectivity index (χ4n) is 4.19. The average molecular weight is 341 g/mol. The summed E-state index contributed by atoms with van der Waals surface area (Å²) in [5.41, 5.74) is 9.36. The maximum Gasteiger partial charge on any atom is 0.294 e. The SMILES string of the molecule is Cc1cc2c3c(c(C)c(C)cc3c1)-c1c(nc3c(C)cccc3[n+]1C)O2. The smallest absolute Gasteiger partial charge is 0.294 e. The molecule has 3 aromatic carbocycles. The third-order valence-electron chi connectivity index (χ3n) is 5.64. The molecule has 0 saturated carbocycles. The molecule has 0 aliphatic carbocycles. The zero-order valence-corrected chi connectivity index (χ0v) is 15.8. The highest BCUT2D eigenvalue weighted by atomic mass is 16.5. The van der Waals surface area contributed by atoms with Crippen LogP contribution in [0.15, 0.2) is 36.4 Å². The average Bonchev–Trinajstić information content (AvgIpc) is 2.59. The Hall–Kier alpha value is -2.94. The Morgan fingerprint density at radius 2 is 1.77 bits per heavy atom. The van der Waals surface area contributed by atoms with Crippen molar-refractivity contribution in [3.8, 4) is 22.9 Å². The zero-order chi connectivity index (χ0) is 18.2. The quantitative estimate of drug-likeness (QED) is 0.361. The van der Waals surface area contributed by atoms with Crippen molar-refractivity contribution in [3.63, 3.8) is 0 Å². The maximum atomic E-state index is 6.34. The topological polar surface area (TPSA) is 26.0 Å². The summed E-state index contributed by atoms with van der Waals surface area (Å²) in [6.45, 7) is 8.59. The number of hydrogen-bond acceptors (Lipinski definition) is 2. The highest BCUT2D eigenvalue weighted by Crippen LogP contribution is 2.47. The van der Waals surface area contributed by atoms with Crippen molar-refractivity contribution in [3.05, 3.63) is 58.7 Å². The van der Waals surface area contributed by atoms with Crippen molar-refractivity contribution >= 4 is 21.8 Å². The molecule has 1 aliphatic rings. The number of rotatable bonds is 0. The van der Waals surface area contributed by atoms with Crippen LogP contribution >= 0.6 is 0 Å². The first kappa shape index (κ1) is 15.3. The Balaban J connectivity index is 2.03. The summed E-state index contributed by atoms with van der Waals surface area (Å²) >= 11 is 0. The first-order valence-electron chi connectivity index (χ1n) is 8.98. The second kappa shape index (κ2) is 5.04. The van der Waals surface area contributed by atoms with Crippen LogP contribution in [0.4, 0.5) is 0 Å². The van der Waals surface area contributed by atoms with Gasteiger partial charge < -0.3 is 4.74 Å². The van der Waals surface area contributed by atoms with E-state index in [1.54, 1.807) is 0 Å². The van der Waals surface area contributed by atoms with Crippen molar-refractivity contribution < 1.29 is 9.30 Å². The Morgan fingerprint density at radius 1 is 0.962 bits per heavy atom. The Labute approximate surface area is 152 Å². The Morgan fingerprint density at radius 3 is 2.58 bits per heavy atom. The van der Waals surface area contributed by atoms with Crippen LogP contribution in [0, 0.1) is 27.7 Å². The maximum absolute atomic E-state index is 6.34. The van der Waals surface area contributed by atoms with Gasteiger partial charge in [0.25, 0.3) is 11.6 Å². The fraction of sp³-hybridized carbons (Fsp3) is 0.217. The number of nitrogens with zero attached hydrogens (tertiary/aromatic N) is 2. The van der Waals surface area contributed by atoms with Gasteiger partial charge in [0.15, 0.2) is 0 Å². The van der Waals surface area contributed by atoms with Gasteiger partial charge in [0.2, 0.25) is 5.52 Å². The van der Waals surface area contributed by atoms with E-state index in [9.17, 15) is 0 Å². The van der Waals surface area contributed by atoms with Gasteiger partial charge >= 0.3 is 0 Å². The van der Waals surface area contributed by atoms with Gasteiger partial charge in [-0.15, -0.1) is 0 Å². The molecule has 1 aromatic heterocycles. The molecular formula is C23H21N2O+. The van der Waals surface area contributed by atoms with Crippen LogP contribution < -0.4 is 9.30 Å². The highest BCUT2D eigenvalue weighted by Gasteiger charge is 2.33. The molecule has 0 amide bonds. The second-order valence-electron chi connectivity index (χ2n) is 7.42. The number of ether oxygens (including phenoxy) is 1. The number of para-hydroxylation sites is 1. The van der Waals surface area contributed by atoms with Crippen molar-refractivity contribution in [2.24, 2.45) is 7.05 Å². The number of aromatic nitrogens is 2. The summed E-state index contributed by atoms with van der Waals surface area (Å²) in [7, 11) is 2.11. The van der Waals surface area contributed by atoms with E-state index in [2.05, 4.69) is 75.7 Å². The first-order chi connectivity index (χ1) is 12.5. The second-order valence-corrected chi connectivity index (χ2v) is 7.42. The summed E-state index contributed by atoms with van der Waals surface area (Å²) < 4.78 is 8.57. The molecule has 3 heteroatoms. The van der Waals surface area contributed by atoms with Crippen LogP contribution in [0.2, 0.25) is 0 Å².